The molecule has 0 bridgehead atoms. The third-order valence-corrected chi connectivity index (χ3v) is 5.87. The van der Waals surface area contributed by atoms with Gasteiger partial charge in [-0.1, -0.05) is 36.8 Å². The van der Waals surface area contributed by atoms with Crippen LogP contribution in [0.2, 0.25) is 0 Å². The van der Waals surface area contributed by atoms with E-state index in [0.717, 1.165) is 39.0 Å². The van der Waals surface area contributed by atoms with Crippen LogP contribution in [0.5, 0.6) is 0 Å². The van der Waals surface area contributed by atoms with Crippen LogP contribution in [-0.4, -0.2) is 35.0 Å². The number of hydrogen-bond acceptors (Lipinski definition) is 3. The van der Waals surface area contributed by atoms with Crippen LogP contribution in [0.15, 0.2) is 24.3 Å². The summed E-state index contributed by atoms with van der Waals surface area (Å²) < 4.78 is 18.0. The Labute approximate surface area is 130 Å². The highest BCUT2D eigenvalue weighted by molar-refractivity contribution is 7.85. The second kappa shape index (κ2) is 8.66. The molecule has 2 atom stereocenters. The summed E-state index contributed by atoms with van der Waals surface area (Å²) in [6.07, 6.45) is 2.95. The first-order chi connectivity index (χ1) is 10.2. The summed E-state index contributed by atoms with van der Waals surface area (Å²) >= 11 is 0. The topological polar surface area (TPSA) is 38.3 Å². The summed E-state index contributed by atoms with van der Waals surface area (Å²) in [6, 6.07) is 8.77. The molecule has 0 spiro atoms. The molecule has 0 aliphatic carbocycles. The van der Waals surface area contributed by atoms with Crippen LogP contribution in [0, 0.1) is 6.92 Å². The molecule has 0 aromatic heterocycles. The van der Waals surface area contributed by atoms with Gasteiger partial charge in [0.1, 0.15) is 0 Å². The lowest BCUT2D eigenvalue weighted by Crippen LogP contribution is -2.32. The van der Waals surface area contributed by atoms with Crippen molar-refractivity contribution in [3.63, 3.8) is 0 Å². The van der Waals surface area contributed by atoms with Gasteiger partial charge in [0, 0.05) is 41.1 Å². The van der Waals surface area contributed by atoms with Crippen molar-refractivity contribution < 1.29 is 8.95 Å². The zero-order chi connectivity index (χ0) is 15.1. The highest BCUT2D eigenvalue weighted by Gasteiger charge is 2.23. The number of benzene rings is 1. The first-order valence-corrected chi connectivity index (χ1v) is 9.33. The monoisotopic (exact) mass is 309 g/mol. The molecule has 2 rings (SSSR count). The lowest BCUT2D eigenvalue weighted by atomic mass is 10.1. The Balaban J connectivity index is 2.01. The van der Waals surface area contributed by atoms with E-state index in [4.69, 9.17) is 4.74 Å². The van der Waals surface area contributed by atoms with Gasteiger partial charge in [-0.15, -0.1) is 0 Å². The van der Waals surface area contributed by atoms with Crippen LogP contribution in [0.25, 0.3) is 0 Å². The number of rotatable bonds is 7. The predicted molar refractivity (Wildman–Crippen MR) is 89.1 cm³/mol. The molecule has 1 aliphatic heterocycles. The molecule has 0 amide bonds. The fourth-order valence-electron chi connectivity index (χ4n) is 2.63. The Kier molecular flexibility index (Phi) is 6.87. The van der Waals surface area contributed by atoms with Gasteiger partial charge < -0.3 is 10.1 Å². The summed E-state index contributed by atoms with van der Waals surface area (Å²) in [5.41, 5.74) is 2.51. The average Bonchev–Trinajstić information content (AvgIpc) is 2.53. The lowest BCUT2D eigenvalue weighted by molar-refractivity contribution is 0.0992. The highest BCUT2D eigenvalue weighted by Crippen LogP contribution is 2.20. The Morgan fingerprint density at radius 1 is 1.29 bits per heavy atom. The zero-order valence-electron chi connectivity index (χ0n) is 13.1. The van der Waals surface area contributed by atoms with E-state index in [9.17, 15) is 4.21 Å². The molecule has 1 aromatic rings. The molecule has 1 aliphatic rings. The van der Waals surface area contributed by atoms with E-state index in [1.165, 1.54) is 11.1 Å². The van der Waals surface area contributed by atoms with E-state index >= 15 is 0 Å². The standard InChI is InChI=1S/C17H27NO2S/c1-3-10-18-17(15-6-4-14(2)5-7-15)13-21(19)16-8-11-20-12-9-16/h4-7,16-18H,3,8-13H2,1-2H3. The van der Waals surface area contributed by atoms with Crippen molar-refractivity contribution in [1.29, 1.82) is 0 Å². The molecule has 2 unspecified atom stereocenters. The third kappa shape index (κ3) is 5.20. The van der Waals surface area contributed by atoms with Crippen molar-refractivity contribution in [2.45, 2.75) is 44.4 Å². The van der Waals surface area contributed by atoms with Gasteiger partial charge >= 0.3 is 0 Å². The second-order valence-electron chi connectivity index (χ2n) is 5.78. The number of aryl methyl sites for hydroxylation is 1. The van der Waals surface area contributed by atoms with Crippen LogP contribution < -0.4 is 5.32 Å². The highest BCUT2D eigenvalue weighted by atomic mass is 32.2. The lowest BCUT2D eigenvalue weighted by Gasteiger charge is -2.25. The van der Waals surface area contributed by atoms with Crippen LogP contribution >= 0.6 is 0 Å². The van der Waals surface area contributed by atoms with Crippen LogP contribution in [-0.2, 0) is 15.5 Å². The molecule has 1 fully saturated rings. The predicted octanol–water partition coefficient (Wildman–Crippen LogP) is 2.96. The largest absolute Gasteiger partial charge is 0.381 e. The van der Waals surface area contributed by atoms with Crippen LogP contribution in [0.1, 0.15) is 43.4 Å². The minimum atomic E-state index is -0.788. The molecule has 4 heteroatoms. The van der Waals surface area contributed by atoms with E-state index in [2.05, 4.69) is 43.4 Å². The fourth-order valence-corrected chi connectivity index (χ4v) is 4.26. The van der Waals surface area contributed by atoms with E-state index in [-0.39, 0.29) is 6.04 Å². The minimum absolute atomic E-state index is 0.189. The van der Waals surface area contributed by atoms with Crippen LogP contribution in [0.4, 0.5) is 0 Å². The molecule has 21 heavy (non-hydrogen) atoms. The average molecular weight is 309 g/mol. The molecular weight excluding hydrogens is 282 g/mol. The fraction of sp³-hybridized carbons (Fsp3) is 0.647. The van der Waals surface area contributed by atoms with Crippen molar-refractivity contribution in [2.24, 2.45) is 0 Å². The first-order valence-electron chi connectivity index (χ1n) is 7.95. The van der Waals surface area contributed by atoms with Gasteiger partial charge in [0.2, 0.25) is 0 Å². The molecule has 1 saturated heterocycles. The second-order valence-corrected chi connectivity index (χ2v) is 7.54. The summed E-state index contributed by atoms with van der Waals surface area (Å²) in [4.78, 5) is 0. The maximum Gasteiger partial charge on any atom is 0.0477 e. The summed E-state index contributed by atoms with van der Waals surface area (Å²) in [5.74, 6) is 0.702. The zero-order valence-corrected chi connectivity index (χ0v) is 14.0. The maximum absolute atomic E-state index is 12.6. The Hall–Kier alpha value is -0.710. The van der Waals surface area contributed by atoms with Gasteiger partial charge in [-0.25, -0.2) is 0 Å². The third-order valence-electron chi connectivity index (χ3n) is 3.99. The van der Waals surface area contributed by atoms with Gasteiger partial charge in [0.25, 0.3) is 0 Å². The van der Waals surface area contributed by atoms with Gasteiger partial charge in [-0.05, 0) is 38.3 Å². The molecule has 1 N–H and O–H groups in total. The summed E-state index contributed by atoms with van der Waals surface area (Å²) in [7, 11) is -0.788. The van der Waals surface area contributed by atoms with E-state index in [0.29, 0.717) is 11.0 Å². The van der Waals surface area contributed by atoms with Crippen molar-refractivity contribution in [3.05, 3.63) is 35.4 Å². The Morgan fingerprint density at radius 2 is 1.95 bits per heavy atom. The summed E-state index contributed by atoms with van der Waals surface area (Å²) in [6.45, 7) is 6.73. The van der Waals surface area contributed by atoms with E-state index < -0.39 is 10.8 Å². The molecule has 0 saturated carbocycles. The summed E-state index contributed by atoms with van der Waals surface area (Å²) in [5, 5.41) is 3.85. The van der Waals surface area contributed by atoms with Crippen molar-refractivity contribution in [1.82, 2.24) is 5.32 Å². The van der Waals surface area contributed by atoms with Gasteiger partial charge in [-0.3, -0.25) is 4.21 Å². The Morgan fingerprint density at radius 3 is 2.57 bits per heavy atom. The quantitative estimate of drug-likeness (QED) is 0.841. The normalized spacial score (nSPS) is 19.3. The Bertz CT molecular complexity index is 441. The number of ether oxygens (including phenoxy) is 1. The van der Waals surface area contributed by atoms with Crippen LogP contribution in [0.3, 0.4) is 0 Å². The van der Waals surface area contributed by atoms with E-state index in [1.54, 1.807) is 0 Å². The molecule has 0 radical (unpaired) electrons. The van der Waals surface area contributed by atoms with Crippen molar-refractivity contribution in [2.75, 3.05) is 25.5 Å². The van der Waals surface area contributed by atoms with Crippen molar-refractivity contribution in [3.8, 4) is 0 Å². The molecule has 1 aromatic carbocycles. The molecule has 1 heterocycles. The number of hydrogen-bond donors (Lipinski definition) is 1. The SMILES string of the molecule is CCCNC(CS(=O)C1CCOCC1)c1ccc(C)cc1. The molecule has 3 nitrogen and oxygen atoms in total. The van der Waals surface area contributed by atoms with Gasteiger partial charge in [0.15, 0.2) is 0 Å². The maximum atomic E-state index is 12.6. The first kappa shape index (κ1) is 16.7. The number of nitrogens with one attached hydrogen (secondary N) is 1. The van der Waals surface area contributed by atoms with Gasteiger partial charge in [-0.2, -0.15) is 0 Å². The minimum Gasteiger partial charge on any atom is -0.381 e. The molecule has 118 valence electrons. The smallest absolute Gasteiger partial charge is 0.0477 e. The van der Waals surface area contributed by atoms with Crippen molar-refractivity contribution >= 4 is 10.8 Å². The van der Waals surface area contributed by atoms with E-state index in [1.807, 2.05) is 0 Å². The van der Waals surface area contributed by atoms with Gasteiger partial charge in [0.05, 0.1) is 0 Å². The molecular formula is C17H27NO2S.